The highest BCUT2D eigenvalue weighted by atomic mass is 32.2. The van der Waals surface area contributed by atoms with Crippen molar-refractivity contribution < 1.29 is 13.5 Å². The lowest BCUT2D eigenvalue weighted by molar-refractivity contribution is 0.386. The maximum Gasteiger partial charge on any atom is 0.240 e. The third-order valence-corrected chi connectivity index (χ3v) is 6.90. The minimum Gasteiger partial charge on any atom is -0.508 e. The molecule has 4 nitrogen and oxygen atoms in total. The number of hydrogen-bond acceptors (Lipinski definition) is 3. The molecule has 2 bridgehead atoms. The van der Waals surface area contributed by atoms with E-state index < -0.39 is 10.0 Å². The Morgan fingerprint density at radius 3 is 2.29 bits per heavy atom. The average molecular weight is 343 g/mol. The molecule has 2 aromatic carbocycles. The van der Waals surface area contributed by atoms with Gasteiger partial charge in [0.05, 0.1) is 4.90 Å². The lowest BCUT2D eigenvalue weighted by Gasteiger charge is -2.23. The highest BCUT2D eigenvalue weighted by Crippen LogP contribution is 2.41. The number of benzene rings is 2. The van der Waals surface area contributed by atoms with Crippen LogP contribution in [0.2, 0.25) is 0 Å². The topological polar surface area (TPSA) is 66.4 Å². The maximum atomic E-state index is 12.7. The van der Waals surface area contributed by atoms with Gasteiger partial charge >= 0.3 is 0 Å². The molecule has 24 heavy (non-hydrogen) atoms. The Hall–Kier alpha value is -1.85. The second-order valence-electron chi connectivity index (χ2n) is 6.92. The Balaban J connectivity index is 1.62. The molecule has 0 amide bonds. The molecular formula is C19H21NO3S. The van der Waals surface area contributed by atoms with Crippen molar-refractivity contribution in [3.63, 3.8) is 0 Å². The fourth-order valence-electron chi connectivity index (χ4n) is 4.24. The van der Waals surface area contributed by atoms with Gasteiger partial charge in [-0.3, -0.25) is 0 Å². The predicted molar refractivity (Wildman–Crippen MR) is 92.3 cm³/mol. The first-order chi connectivity index (χ1) is 11.5. The molecular weight excluding hydrogens is 322 g/mol. The fourth-order valence-corrected chi connectivity index (χ4v) is 5.63. The summed E-state index contributed by atoms with van der Waals surface area (Å²) in [6, 6.07) is 14.1. The van der Waals surface area contributed by atoms with Crippen LogP contribution >= 0.6 is 0 Å². The number of phenolic OH excluding ortho intramolecular Hbond substituents is 1. The van der Waals surface area contributed by atoms with Gasteiger partial charge < -0.3 is 5.11 Å². The standard InChI is InChI=1S/C19H21NO3S/c21-17-9-8-13-10-14-6-7-15(11-16(13)12-17)19(14)20-24(22,23)18-4-2-1-3-5-18/h1-5,8-9,12,14-15,19-21H,6-7,10-11H2. The van der Waals surface area contributed by atoms with Crippen molar-refractivity contribution in [2.24, 2.45) is 11.8 Å². The summed E-state index contributed by atoms with van der Waals surface area (Å²) >= 11 is 0. The Morgan fingerprint density at radius 1 is 0.917 bits per heavy atom. The van der Waals surface area contributed by atoms with E-state index in [0.29, 0.717) is 10.8 Å². The van der Waals surface area contributed by atoms with Gasteiger partial charge in [0.2, 0.25) is 10.0 Å². The van der Waals surface area contributed by atoms with E-state index in [1.807, 2.05) is 18.2 Å². The van der Waals surface area contributed by atoms with Crippen LogP contribution in [0.5, 0.6) is 5.75 Å². The van der Waals surface area contributed by atoms with E-state index in [4.69, 9.17) is 0 Å². The monoisotopic (exact) mass is 343 g/mol. The highest BCUT2D eigenvalue weighted by molar-refractivity contribution is 7.89. The number of sulfonamides is 1. The second kappa shape index (κ2) is 5.90. The van der Waals surface area contributed by atoms with Gasteiger partial charge in [0.15, 0.2) is 0 Å². The summed E-state index contributed by atoms with van der Waals surface area (Å²) in [4.78, 5) is 0.323. The SMILES string of the molecule is O=S(=O)(NC1C2CCC1Cc1cc(O)ccc1C2)c1ccccc1. The Kier molecular flexibility index (Phi) is 3.85. The molecule has 0 spiro atoms. The molecule has 1 fully saturated rings. The Bertz CT molecular complexity index is 848. The summed E-state index contributed by atoms with van der Waals surface area (Å²) in [5.74, 6) is 0.892. The first-order valence-corrected chi connectivity index (χ1v) is 9.89. The zero-order valence-electron chi connectivity index (χ0n) is 13.4. The number of phenols is 1. The van der Waals surface area contributed by atoms with Gasteiger partial charge in [0, 0.05) is 6.04 Å². The first-order valence-electron chi connectivity index (χ1n) is 8.41. The third-order valence-electron chi connectivity index (χ3n) is 5.42. The fraction of sp³-hybridized carbons (Fsp3) is 0.368. The van der Waals surface area contributed by atoms with Crippen molar-refractivity contribution in [2.75, 3.05) is 0 Å². The van der Waals surface area contributed by atoms with Crippen LogP contribution in [0, 0.1) is 11.8 Å². The Labute approximate surface area is 142 Å². The van der Waals surface area contributed by atoms with E-state index in [0.717, 1.165) is 31.2 Å². The van der Waals surface area contributed by atoms with Crippen LogP contribution < -0.4 is 4.72 Å². The van der Waals surface area contributed by atoms with Gasteiger partial charge in [-0.2, -0.15) is 0 Å². The van der Waals surface area contributed by atoms with E-state index in [-0.39, 0.29) is 17.7 Å². The molecule has 3 unspecified atom stereocenters. The lowest BCUT2D eigenvalue weighted by Crippen LogP contribution is -2.41. The average Bonchev–Trinajstić information content (AvgIpc) is 2.83. The van der Waals surface area contributed by atoms with Crippen molar-refractivity contribution >= 4 is 10.0 Å². The minimum absolute atomic E-state index is 0.0373. The molecule has 4 rings (SSSR count). The van der Waals surface area contributed by atoms with Crippen molar-refractivity contribution in [3.8, 4) is 5.75 Å². The van der Waals surface area contributed by atoms with Gasteiger partial charge in [0.25, 0.3) is 0 Å². The molecule has 0 aromatic heterocycles. The quantitative estimate of drug-likeness (QED) is 0.900. The zero-order chi connectivity index (χ0) is 16.7. The predicted octanol–water partition coefficient (Wildman–Crippen LogP) is 2.86. The smallest absolute Gasteiger partial charge is 0.240 e. The van der Waals surface area contributed by atoms with Crippen molar-refractivity contribution in [1.29, 1.82) is 0 Å². The van der Waals surface area contributed by atoms with E-state index in [1.165, 1.54) is 5.56 Å². The summed E-state index contributed by atoms with van der Waals surface area (Å²) in [6.07, 6.45) is 3.77. The van der Waals surface area contributed by atoms with Gasteiger partial charge in [-0.1, -0.05) is 24.3 Å². The molecule has 2 aliphatic carbocycles. The molecule has 0 radical (unpaired) electrons. The van der Waals surface area contributed by atoms with Crippen LogP contribution in [0.25, 0.3) is 0 Å². The van der Waals surface area contributed by atoms with Gasteiger partial charge in [-0.25, -0.2) is 13.1 Å². The molecule has 0 saturated heterocycles. The van der Waals surface area contributed by atoms with E-state index >= 15 is 0 Å². The lowest BCUT2D eigenvalue weighted by atomic mass is 9.93. The molecule has 5 heteroatoms. The number of hydrogen-bond donors (Lipinski definition) is 2. The Morgan fingerprint density at radius 2 is 1.58 bits per heavy atom. The second-order valence-corrected chi connectivity index (χ2v) is 8.63. The van der Waals surface area contributed by atoms with Crippen LogP contribution in [0.1, 0.15) is 24.0 Å². The van der Waals surface area contributed by atoms with E-state index in [9.17, 15) is 13.5 Å². The summed E-state index contributed by atoms with van der Waals surface area (Å²) in [5.41, 5.74) is 2.40. The molecule has 126 valence electrons. The first kappa shape index (κ1) is 15.7. The molecule has 1 saturated carbocycles. The van der Waals surface area contributed by atoms with Crippen molar-refractivity contribution in [3.05, 3.63) is 59.7 Å². The van der Waals surface area contributed by atoms with Crippen LogP contribution in [0.4, 0.5) is 0 Å². The number of aromatic hydroxyl groups is 1. The van der Waals surface area contributed by atoms with Crippen LogP contribution in [0.3, 0.4) is 0 Å². The summed E-state index contributed by atoms with van der Waals surface area (Å²) in [5, 5.41) is 9.74. The van der Waals surface area contributed by atoms with E-state index in [1.54, 1.807) is 30.3 Å². The van der Waals surface area contributed by atoms with Gasteiger partial charge in [-0.15, -0.1) is 0 Å². The maximum absolute atomic E-state index is 12.7. The molecule has 2 aliphatic rings. The third kappa shape index (κ3) is 2.82. The molecule has 2 aromatic rings. The normalized spacial score (nSPS) is 25.9. The largest absolute Gasteiger partial charge is 0.508 e. The number of rotatable bonds is 3. The summed E-state index contributed by atoms with van der Waals surface area (Å²) in [6.45, 7) is 0. The van der Waals surface area contributed by atoms with E-state index in [2.05, 4.69) is 4.72 Å². The molecule has 3 atom stereocenters. The molecule has 0 aliphatic heterocycles. The molecule has 0 heterocycles. The van der Waals surface area contributed by atoms with Crippen LogP contribution in [0.15, 0.2) is 53.4 Å². The van der Waals surface area contributed by atoms with Gasteiger partial charge in [0.1, 0.15) is 5.75 Å². The van der Waals surface area contributed by atoms with Crippen LogP contribution in [-0.4, -0.2) is 19.6 Å². The van der Waals surface area contributed by atoms with Crippen molar-refractivity contribution in [1.82, 2.24) is 4.72 Å². The summed E-state index contributed by atoms with van der Waals surface area (Å²) in [7, 11) is -3.50. The zero-order valence-corrected chi connectivity index (χ0v) is 14.2. The highest BCUT2D eigenvalue weighted by Gasteiger charge is 2.41. The van der Waals surface area contributed by atoms with Crippen molar-refractivity contribution in [2.45, 2.75) is 36.6 Å². The number of fused-ring (bicyclic) bond motifs is 3. The van der Waals surface area contributed by atoms with Crippen LogP contribution in [-0.2, 0) is 22.9 Å². The minimum atomic E-state index is -3.50. The number of nitrogens with one attached hydrogen (secondary N) is 1. The summed E-state index contributed by atoms with van der Waals surface area (Å²) < 4.78 is 28.4. The molecule has 2 N–H and O–H groups in total. The van der Waals surface area contributed by atoms with Gasteiger partial charge in [-0.05, 0) is 72.9 Å².